The molecular formula is C10H9ClN2O2S. The minimum atomic E-state index is -1.02. The highest BCUT2D eigenvalue weighted by atomic mass is 35.5. The standard InChI is InChI=1S/C10H9ClN2O2S/c1-2-16-9-8(10(14)15)12-7-4-3-6(11)5-13(7)9/h3-5H,2H2,1H3,(H,14,15). The van der Waals surface area contributed by atoms with E-state index in [4.69, 9.17) is 16.7 Å². The van der Waals surface area contributed by atoms with Crippen LogP contribution in [-0.4, -0.2) is 26.2 Å². The van der Waals surface area contributed by atoms with Gasteiger partial charge in [-0.05, 0) is 17.9 Å². The van der Waals surface area contributed by atoms with Crippen LogP contribution >= 0.6 is 23.4 Å². The van der Waals surface area contributed by atoms with Crippen LogP contribution in [0, 0.1) is 0 Å². The molecule has 0 amide bonds. The van der Waals surface area contributed by atoms with Crippen LogP contribution < -0.4 is 0 Å². The van der Waals surface area contributed by atoms with Crippen molar-refractivity contribution in [3.63, 3.8) is 0 Å². The number of carboxylic acids is 1. The maximum absolute atomic E-state index is 11.0. The summed E-state index contributed by atoms with van der Waals surface area (Å²) in [5, 5.41) is 10.2. The number of aromatic carboxylic acids is 1. The number of halogens is 1. The minimum absolute atomic E-state index is 0.0779. The second-order valence-corrected chi connectivity index (χ2v) is 4.77. The zero-order valence-electron chi connectivity index (χ0n) is 8.48. The fourth-order valence-electron chi connectivity index (χ4n) is 1.41. The Bertz CT molecular complexity index is 553. The van der Waals surface area contributed by atoms with Crippen LogP contribution in [0.5, 0.6) is 0 Å². The number of hydrogen-bond acceptors (Lipinski definition) is 3. The van der Waals surface area contributed by atoms with E-state index < -0.39 is 5.97 Å². The van der Waals surface area contributed by atoms with Gasteiger partial charge in [0, 0.05) is 6.20 Å². The van der Waals surface area contributed by atoms with E-state index in [2.05, 4.69) is 4.98 Å². The molecule has 1 N–H and O–H groups in total. The predicted molar refractivity (Wildman–Crippen MR) is 63.6 cm³/mol. The number of hydrogen-bond donors (Lipinski definition) is 1. The molecule has 4 nitrogen and oxygen atoms in total. The van der Waals surface area contributed by atoms with E-state index in [0.717, 1.165) is 5.75 Å². The normalized spacial score (nSPS) is 10.9. The van der Waals surface area contributed by atoms with Crippen molar-refractivity contribution in [2.24, 2.45) is 0 Å². The number of thioether (sulfide) groups is 1. The third-order valence-corrected chi connectivity index (χ3v) is 3.20. The van der Waals surface area contributed by atoms with E-state index >= 15 is 0 Å². The van der Waals surface area contributed by atoms with E-state index in [9.17, 15) is 4.79 Å². The van der Waals surface area contributed by atoms with E-state index in [1.54, 1.807) is 22.7 Å². The Kier molecular flexibility index (Phi) is 3.07. The molecule has 84 valence electrons. The Balaban J connectivity index is 2.71. The highest BCUT2D eigenvalue weighted by Crippen LogP contribution is 2.25. The summed E-state index contributed by atoms with van der Waals surface area (Å²) in [7, 11) is 0. The molecule has 0 atom stereocenters. The first-order valence-electron chi connectivity index (χ1n) is 4.67. The third kappa shape index (κ3) is 1.88. The fraction of sp³-hybridized carbons (Fsp3) is 0.200. The number of aromatic nitrogens is 2. The van der Waals surface area contributed by atoms with Gasteiger partial charge in [0.05, 0.1) is 5.02 Å². The lowest BCUT2D eigenvalue weighted by Crippen LogP contribution is -1.99. The Morgan fingerprint density at radius 1 is 1.62 bits per heavy atom. The molecule has 0 radical (unpaired) electrons. The lowest BCUT2D eigenvalue weighted by Gasteiger charge is -2.00. The van der Waals surface area contributed by atoms with Gasteiger partial charge in [0.15, 0.2) is 5.69 Å². The van der Waals surface area contributed by atoms with E-state index in [1.165, 1.54) is 11.8 Å². The molecular weight excluding hydrogens is 248 g/mol. The molecule has 0 unspecified atom stereocenters. The summed E-state index contributed by atoms with van der Waals surface area (Å²) in [5.41, 5.74) is 0.673. The van der Waals surface area contributed by atoms with E-state index in [1.807, 2.05) is 6.92 Å². The van der Waals surface area contributed by atoms with Gasteiger partial charge in [0.2, 0.25) is 0 Å². The monoisotopic (exact) mass is 256 g/mol. The van der Waals surface area contributed by atoms with Gasteiger partial charge < -0.3 is 5.11 Å². The lowest BCUT2D eigenvalue weighted by atomic mass is 10.5. The molecule has 0 saturated carbocycles. The predicted octanol–water partition coefficient (Wildman–Crippen LogP) is 2.80. The molecule has 2 aromatic heterocycles. The van der Waals surface area contributed by atoms with E-state index in [-0.39, 0.29) is 5.69 Å². The Morgan fingerprint density at radius 2 is 2.38 bits per heavy atom. The van der Waals surface area contributed by atoms with Gasteiger partial charge in [-0.25, -0.2) is 9.78 Å². The summed E-state index contributed by atoms with van der Waals surface area (Å²) in [5.74, 6) is -0.239. The largest absolute Gasteiger partial charge is 0.476 e. The second-order valence-electron chi connectivity index (χ2n) is 3.08. The smallest absolute Gasteiger partial charge is 0.357 e. The molecule has 16 heavy (non-hydrogen) atoms. The number of carbonyl (C=O) groups is 1. The van der Waals surface area contributed by atoms with Gasteiger partial charge in [-0.15, -0.1) is 11.8 Å². The number of fused-ring (bicyclic) bond motifs is 1. The maximum atomic E-state index is 11.0. The number of rotatable bonds is 3. The first-order valence-corrected chi connectivity index (χ1v) is 6.03. The van der Waals surface area contributed by atoms with Gasteiger partial charge in [-0.2, -0.15) is 0 Å². The van der Waals surface area contributed by atoms with E-state index in [0.29, 0.717) is 15.7 Å². The highest BCUT2D eigenvalue weighted by Gasteiger charge is 2.17. The highest BCUT2D eigenvalue weighted by molar-refractivity contribution is 7.99. The van der Waals surface area contributed by atoms with Gasteiger partial charge in [0.25, 0.3) is 0 Å². The topological polar surface area (TPSA) is 54.6 Å². The first kappa shape index (κ1) is 11.3. The van der Waals surface area contributed by atoms with Crippen LogP contribution in [0.25, 0.3) is 5.65 Å². The molecule has 0 aromatic carbocycles. The van der Waals surface area contributed by atoms with Gasteiger partial charge in [-0.3, -0.25) is 4.40 Å². The van der Waals surface area contributed by atoms with Crippen LogP contribution in [0.3, 0.4) is 0 Å². The van der Waals surface area contributed by atoms with Crippen molar-refractivity contribution in [2.45, 2.75) is 11.9 Å². The van der Waals surface area contributed by atoms with Crippen LogP contribution in [0.4, 0.5) is 0 Å². The van der Waals surface area contributed by atoms with Crippen LogP contribution in [0.1, 0.15) is 17.4 Å². The lowest BCUT2D eigenvalue weighted by molar-refractivity contribution is 0.0687. The van der Waals surface area contributed by atoms with Crippen molar-refractivity contribution in [2.75, 3.05) is 5.75 Å². The maximum Gasteiger partial charge on any atom is 0.357 e. The van der Waals surface area contributed by atoms with Crippen molar-refractivity contribution in [1.29, 1.82) is 0 Å². The molecule has 2 heterocycles. The molecule has 0 aliphatic rings. The number of pyridine rings is 1. The number of nitrogens with zero attached hydrogens (tertiary/aromatic N) is 2. The SMILES string of the molecule is CCSc1c(C(=O)O)nc2ccc(Cl)cn12. The van der Waals surface area contributed by atoms with Crippen molar-refractivity contribution < 1.29 is 9.90 Å². The molecule has 6 heteroatoms. The van der Waals surface area contributed by atoms with Crippen LogP contribution in [-0.2, 0) is 0 Å². The molecule has 0 aliphatic carbocycles. The third-order valence-electron chi connectivity index (χ3n) is 2.02. The summed E-state index contributed by atoms with van der Waals surface area (Å²) in [6, 6.07) is 3.39. The Morgan fingerprint density at radius 3 is 3.00 bits per heavy atom. The molecule has 2 rings (SSSR count). The van der Waals surface area contributed by atoms with Gasteiger partial charge >= 0.3 is 5.97 Å². The quantitative estimate of drug-likeness (QED) is 0.858. The Labute approximate surface area is 101 Å². The number of imidazole rings is 1. The number of carboxylic acid groups (broad SMARTS) is 1. The average Bonchev–Trinajstić information content (AvgIpc) is 2.58. The minimum Gasteiger partial charge on any atom is -0.476 e. The van der Waals surface area contributed by atoms with Gasteiger partial charge in [0.1, 0.15) is 10.7 Å². The fourth-order valence-corrected chi connectivity index (χ4v) is 2.40. The molecule has 0 saturated heterocycles. The van der Waals surface area contributed by atoms with Crippen molar-refractivity contribution >= 4 is 35.0 Å². The van der Waals surface area contributed by atoms with Crippen molar-refractivity contribution in [3.8, 4) is 0 Å². The van der Waals surface area contributed by atoms with Crippen molar-refractivity contribution in [3.05, 3.63) is 29.0 Å². The summed E-state index contributed by atoms with van der Waals surface area (Å²) < 4.78 is 1.71. The first-order chi connectivity index (χ1) is 7.63. The Hall–Kier alpha value is -1.20. The second kappa shape index (κ2) is 4.35. The molecule has 2 aromatic rings. The molecule has 0 bridgehead atoms. The summed E-state index contributed by atoms with van der Waals surface area (Å²) >= 11 is 7.31. The van der Waals surface area contributed by atoms with Crippen LogP contribution in [0.15, 0.2) is 23.4 Å². The summed E-state index contributed by atoms with van der Waals surface area (Å²) in [4.78, 5) is 15.1. The zero-order valence-corrected chi connectivity index (χ0v) is 10.0. The molecule has 0 aliphatic heterocycles. The average molecular weight is 257 g/mol. The summed E-state index contributed by atoms with van der Waals surface area (Å²) in [6.07, 6.45) is 1.67. The van der Waals surface area contributed by atoms with Gasteiger partial charge in [-0.1, -0.05) is 18.5 Å². The van der Waals surface area contributed by atoms with Crippen LogP contribution in [0.2, 0.25) is 5.02 Å². The van der Waals surface area contributed by atoms with Crippen molar-refractivity contribution in [1.82, 2.24) is 9.38 Å². The molecule has 0 fully saturated rings. The molecule has 0 spiro atoms. The summed E-state index contributed by atoms with van der Waals surface area (Å²) in [6.45, 7) is 1.96. The zero-order chi connectivity index (χ0) is 11.7.